The van der Waals surface area contributed by atoms with Crippen molar-refractivity contribution in [3.05, 3.63) is 48.7 Å². The molecule has 2 fully saturated rings. The molecule has 31 heavy (non-hydrogen) atoms. The number of allylic oxidation sites excluding steroid dienone is 2. The van der Waals surface area contributed by atoms with E-state index >= 15 is 0 Å². The molecule has 2 heterocycles. The Morgan fingerprint density at radius 3 is 2.71 bits per heavy atom. The van der Waals surface area contributed by atoms with E-state index in [0.29, 0.717) is 18.2 Å². The lowest BCUT2D eigenvalue weighted by atomic mass is 9.99. The molecule has 2 N–H and O–H groups in total. The molecule has 2 saturated heterocycles. The molecule has 1 aromatic rings. The highest BCUT2D eigenvalue weighted by Gasteiger charge is 2.17. The van der Waals surface area contributed by atoms with Crippen LogP contribution in [0.15, 0.2) is 48.1 Å². The number of amidine groups is 1. The van der Waals surface area contributed by atoms with Gasteiger partial charge in [0, 0.05) is 50.7 Å². The average Bonchev–Trinajstić information content (AvgIpc) is 2.80. The molecule has 0 aromatic heterocycles. The van der Waals surface area contributed by atoms with Crippen molar-refractivity contribution in [2.24, 2.45) is 10.9 Å². The molecule has 2 aliphatic rings. The van der Waals surface area contributed by atoms with Crippen LogP contribution in [0.3, 0.4) is 0 Å². The van der Waals surface area contributed by atoms with Crippen LogP contribution in [-0.4, -0.2) is 69.4 Å². The van der Waals surface area contributed by atoms with Crippen molar-refractivity contribution in [2.45, 2.75) is 26.2 Å². The molecule has 3 rings (SSSR count). The zero-order valence-electron chi connectivity index (χ0n) is 19.1. The largest absolute Gasteiger partial charge is 0.378 e. The fraction of sp³-hybridized carbons (Fsp3) is 0.520. The minimum atomic E-state index is 0.506. The van der Waals surface area contributed by atoms with Crippen LogP contribution in [0, 0.1) is 11.3 Å². The highest BCUT2D eigenvalue weighted by molar-refractivity contribution is 6.10. The van der Waals surface area contributed by atoms with Crippen LogP contribution in [0.25, 0.3) is 5.57 Å². The normalized spacial score (nSPS) is 20.5. The molecule has 168 valence electrons. The third kappa shape index (κ3) is 7.04. The number of aliphatic imine (C=N–C) groups is 1. The van der Waals surface area contributed by atoms with Gasteiger partial charge in [0.1, 0.15) is 5.84 Å². The number of morpholine rings is 1. The van der Waals surface area contributed by atoms with Gasteiger partial charge in [-0.1, -0.05) is 18.7 Å². The van der Waals surface area contributed by atoms with E-state index in [2.05, 4.69) is 64.0 Å². The van der Waals surface area contributed by atoms with Gasteiger partial charge in [-0.2, -0.15) is 0 Å². The molecule has 1 aromatic carbocycles. The Bertz CT molecular complexity index is 787. The topological polar surface area (TPSA) is 64.0 Å². The lowest BCUT2D eigenvalue weighted by molar-refractivity contribution is 0.122. The van der Waals surface area contributed by atoms with Crippen LogP contribution in [0.2, 0.25) is 0 Å². The summed E-state index contributed by atoms with van der Waals surface area (Å²) in [6, 6.07) is 8.68. The lowest BCUT2D eigenvalue weighted by Crippen LogP contribution is -2.39. The van der Waals surface area contributed by atoms with Gasteiger partial charge in [-0.15, -0.1) is 0 Å². The fourth-order valence-electron chi connectivity index (χ4n) is 4.22. The summed E-state index contributed by atoms with van der Waals surface area (Å²) in [5, 5.41) is 12.0. The summed E-state index contributed by atoms with van der Waals surface area (Å²) < 4.78 is 5.44. The smallest absolute Gasteiger partial charge is 0.102 e. The van der Waals surface area contributed by atoms with Crippen molar-refractivity contribution >= 4 is 22.8 Å². The Hall–Kier alpha value is -2.44. The predicted octanol–water partition coefficient (Wildman–Crippen LogP) is 3.81. The van der Waals surface area contributed by atoms with Crippen LogP contribution in [-0.2, 0) is 4.74 Å². The van der Waals surface area contributed by atoms with Crippen LogP contribution in [0.4, 0.5) is 5.69 Å². The van der Waals surface area contributed by atoms with E-state index in [9.17, 15) is 0 Å². The van der Waals surface area contributed by atoms with Crippen LogP contribution in [0.5, 0.6) is 0 Å². The first-order valence-electron chi connectivity index (χ1n) is 11.3. The Balaban J connectivity index is 1.61. The van der Waals surface area contributed by atoms with Gasteiger partial charge < -0.3 is 19.9 Å². The second kappa shape index (κ2) is 11.8. The summed E-state index contributed by atoms with van der Waals surface area (Å²) in [6.45, 7) is 12.4. The van der Waals surface area contributed by atoms with E-state index in [1.54, 1.807) is 6.20 Å². The first-order valence-corrected chi connectivity index (χ1v) is 11.3. The van der Waals surface area contributed by atoms with Crippen molar-refractivity contribution in [3.8, 4) is 0 Å². The van der Waals surface area contributed by atoms with E-state index in [1.165, 1.54) is 24.1 Å². The second-order valence-electron chi connectivity index (χ2n) is 8.49. The fourth-order valence-corrected chi connectivity index (χ4v) is 4.22. The van der Waals surface area contributed by atoms with E-state index in [4.69, 9.17) is 10.1 Å². The lowest BCUT2D eigenvalue weighted by Gasteiger charge is -2.29. The van der Waals surface area contributed by atoms with Gasteiger partial charge in [0.2, 0.25) is 0 Å². The van der Waals surface area contributed by atoms with Crippen LogP contribution in [0.1, 0.15) is 31.7 Å². The van der Waals surface area contributed by atoms with E-state index in [1.807, 2.05) is 7.05 Å². The molecule has 0 radical (unpaired) electrons. The summed E-state index contributed by atoms with van der Waals surface area (Å²) in [4.78, 5) is 8.88. The number of anilines is 1. The molecule has 1 unspecified atom stereocenters. The number of piperidine rings is 1. The molecule has 0 spiro atoms. The highest BCUT2D eigenvalue weighted by Crippen LogP contribution is 2.21. The maximum absolute atomic E-state index is 8.56. The Kier molecular flexibility index (Phi) is 8.85. The SMILES string of the molecule is C=C/N=C(/C=C(\C)c1ccc(N2CCOCC2)cc1)CC(=N)N(C)CC1CCCNC1. The Morgan fingerprint density at radius 1 is 1.32 bits per heavy atom. The van der Waals surface area contributed by atoms with Gasteiger partial charge in [-0.05, 0) is 68.1 Å². The summed E-state index contributed by atoms with van der Waals surface area (Å²) in [5.74, 6) is 1.21. The van der Waals surface area contributed by atoms with Gasteiger partial charge in [0.25, 0.3) is 0 Å². The molecular formula is C25H37N5O. The van der Waals surface area contributed by atoms with E-state index < -0.39 is 0 Å². The molecule has 6 nitrogen and oxygen atoms in total. The Labute approximate surface area is 187 Å². The molecule has 0 bridgehead atoms. The maximum Gasteiger partial charge on any atom is 0.102 e. The number of hydrogen-bond acceptors (Lipinski definition) is 5. The van der Waals surface area contributed by atoms with Crippen LogP contribution >= 0.6 is 0 Å². The molecule has 2 aliphatic heterocycles. The first kappa shape index (κ1) is 23.2. The molecular weight excluding hydrogens is 386 g/mol. The number of nitrogens with one attached hydrogen (secondary N) is 2. The molecule has 0 aliphatic carbocycles. The zero-order chi connectivity index (χ0) is 22.1. The molecule has 0 saturated carbocycles. The minimum Gasteiger partial charge on any atom is -0.378 e. The van der Waals surface area contributed by atoms with E-state index in [0.717, 1.165) is 57.2 Å². The minimum absolute atomic E-state index is 0.506. The van der Waals surface area contributed by atoms with Gasteiger partial charge in [0.15, 0.2) is 0 Å². The van der Waals surface area contributed by atoms with Crippen molar-refractivity contribution in [2.75, 3.05) is 57.9 Å². The van der Waals surface area contributed by atoms with Crippen molar-refractivity contribution in [1.29, 1.82) is 5.41 Å². The number of hydrogen-bond donors (Lipinski definition) is 2. The summed E-state index contributed by atoms with van der Waals surface area (Å²) in [6.07, 6.45) is 6.61. The van der Waals surface area contributed by atoms with Gasteiger partial charge in [-0.25, -0.2) is 0 Å². The van der Waals surface area contributed by atoms with Crippen molar-refractivity contribution in [3.63, 3.8) is 0 Å². The first-order chi connectivity index (χ1) is 15.1. The van der Waals surface area contributed by atoms with E-state index in [-0.39, 0.29) is 0 Å². The molecule has 1 atom stereocenters. The number of benzene rings is 1. The monoisotopic (exact) mass is 423 g/mol. The Morgan fingerprint density at radius 2 is 2.06 bits per heavy atom. The number of ether oxygens (including phenoxy) is 1. The number of rotatable bonds is 8. The third-order valence-electron chi connectivity index (χ3n) is 6.08. The average molecular weight is 424 g/mol. The summed E-state index contributed by atoms with van der Waals surface area (Å²) in [5.41, 5.74) is 4.41. The predicted molar refractivity (Wildman–Crippen MR) is 131 cm³/mol. The maximum atomic E-state index is 8.56. The van der Waals surface area contributed by atoms with Gasteiger partial charge >= 0.3 is 0 Å². The van der Waals surface area contributed by atoms with Crippen molar-refractivity contribution < 1.29 is 4.74 Å². The van der Waals surface area contributed by atoms with Gasteiger partial charge in [-0.3, -0.25) is 10.4 Å². The van der Waals surface area contributed by atoms with Crippen LogP contribution < -0.4 is 10.2 Å². The molecule has 0 amide bonds. The second-order valence-corrected chi connectivity index (χ2v) is 8.49. The zero-order valence-corrected chi connectivity index (χ0v) is 19.1. The standard InChI is InChI=1S/C25H37N5O/c1-4-28-23(17-25(26)29(3)19-21-6-5-11-27-18-21)16-20(2)22-7-9-24(10-8-22)30-12-14-31-15-13-30/h4,7-10,16,21,26-27H,1,5-6,11-15,17-19H2,2-3H3/b20-16+,26-25?,28-23-. The molecule has 6 heteroatoms. The summed E-state index contributed by atoms with van der Waals surface area (Å²) >= 11 is 0. The van der Waals surface area contributed by atoms with Gasteiger partial charge in [0.05, 0.1) is 13.2 Å². The quantitative estimate of drug-likeness (QED) is 0.493. The summed E-state index contributed by atoms with van der Waals surface area (Å²) in [7, 11) is 2.02. The number of nitrogens with zero attached hydrogens (tertiary/aromatic N) is 3. The third-order valence-corrected chi connectivity index (χ3v) is 6.08. The van der Waals surface area contributed by atoms with Crippen molar-refractivity contribution in [1.82, 2.24) is 10.2 Å². The highest BCUT2D eigenvalue weighted by atomic mass is 16.5.